The van der Waals surface area contributed by atoms with Crippen molar-refractivity contribution in [2.24, 2.45) is 5.10 Å². The van der Waals surface area contributed by atoms with Crippen LogP contribution in [-0.2, 0) is 14.3 Å². The highest BCUT2D eigenvalue weighted by Gasteiger charge is 2.35. The second kappa shape index (κ2) is 9.11. The van der Waals surface area contributed by atoms with Crippen molar-refractivity contribution in [3.63, 3.8) is 0 Å². The van der Waals surface area contributed by atoms with Gasteiger partial charge in [0.1, 0.15) is 11.8 Å². The molecule has 0 bridgehead atoms. The number of carbonyl (C=O) groups is 2. The lowest BCUT2D eigenvalue weighted by atomic mass is 10.0. The smallest absolute Gasteiger partial charge is 0.331 e. The number of hydrogen-bond acceptors (Lipinski definition) is 6. The van der Waals surface area contributed by atoms with Gasteiger partial charge in [-0.1, -0.05) is 29.8 Å². The normalized spacial score (nSPS) is 16.1. The first kappa shape index (κ1) is 20.1. The van der Waals surface area contributed by atoms with Crippen LogP contribution in [-0.4, -0.2) is 29.2 Å². The van der Waals surface area contributed by atoms with E-state index in [1.807, 2.05) is 29.6 Å². The predicted octanol–water partition coefficient (Wildman–Crippen LogP) is 4.93. The number of furan rings is 1. The largest absolute Gasteiger partial charge is 0.467 e. The minimum absolute atomic E-state index is 0.404. The lowest BCUT2D eigenvalue weighted by Crippen LogP contribution is -2.31. The summed E-state index contributed by atoms with van der Waals surface area (Å²) in [6.07, 6.45) is 4.98. The molecule has 0 aliphatic carbocycles. The van der Waals surface area contributed by atoms with Gasteiger partial charge in [0, 0.05) is 22.4 Å². The number of amides is 1. The van der Waals surface area contributed by atoms with Gasteiger partial charge in [0.15, 0.2) is 6.61 Å². The van der Waals surface area contributed by atoms with Crippen LogP contribution in [0.4, 0.5) is 0 Å². The summed E-state index contributed by atoms with van der Waals surface area (Å²) in [5.74, 6) is -0.411. The van der Waals surface area contributed by atoms with Crippen LogP contribution < -0.4 is 0 Å². The van der Waals surface area contributed by atoms with Crippen LogP contribution in [0.3, 0.4) is 0 Å². The molecule has 0 saturated heterocycles. The maximum atomic E-state index is 12.8. The minimum atomic E-state index is -0.590. The van der Waals surface area contributed by atoms with Crippen LogP contribution in [0.25, 0.3) is 6.08 Å². The summed E-state index contributed by atoms with van der Waals surface area (Å²) in [6, 6.07) is 14.2. The molecule has 0 N–H and O–H groups in total. The van der Waals surface area contributed by atoms with Gasteiger partial charge in [-0.3, -0.25) is 4.79 Å². The van der Waals surface area contributed by atoms with Crippen molar-refractivity contribution in [2.45, 2.75) is 12.5 Å². The van der Waals surface area contributed by atoms with Gasteiger partial charge < -0.3 is 9.15 Å². The third kappa shape index (κ3) is 4.69. The molecule has 0 fully saturated rings. The number of halogens is 1. The molecule has 1 aliphatic rings. The first-order chi connectivity index (χ1) is 14.6. The Morgan fingerprint density at radius 2 is 2.07 bits per heavy atom. The van der Waals surface area contributed by atoms with Gasteiger partial charge in [-0.25, -0.2) is 9.80 Å². The van der Waals surface area contributed by atoms with Crippen LogP contribution in [0.2, 0.25) is 5.02 Å². The number of ether oxygens (including phenoxy) is 1. The lowest BCUT2D eigenvalue weighted by molar-refractivity contribution is -0.149. The topological polar surface area (TPSA) is 72.1 Å². The molecule has 3 heterocycles. The van der Waals surface area contributed by atoms with E-state index in [0.29, 0.717) is 17.2 Å². The third-order valence-electron chi connectivity index (χ3n) is 4.48. The van der Waals surface area contributed by atoms with Gasteiger partial charge >= 0.3 is 5.97 Å². The molecule has 0 radical (unpaired) electrons. The molecule has 3 aromatic rings. The van der Waals surface area contributed by atoms with Gasteiger partial charge in [0.2, 0.25) is 0 Å². The Labute approximate surface area is 182 Å². The molecule has 2 aromatic heterocycles. The molecule has 1 atom stereocenters. The molecule has 1 aromatic carbocycles. The average Bonchev–Trinajstić information content (AvgIpc) is 3.52. The van der Waals surface area contributed by atoms with Crippen molar-refractivity contribution in [3.8, 4) is 0 Å². The third-order valence-corrected chi connectivity index (χ3v) is 5.57. The van der Waals surface area contributed by atoms with E-state index in [-0.39, 0.29) is 0 Å². The molecular weight excluding hydrogens is 424 g/mol. The van der Waals surface area contributed by atoms with Crippen LogP contribution in [0.15, 0.2) is 75.8 Å². The van der Waals surface area contributed by atoms with E-state index in [2.05, 4.69) is 5.10 Å². The summed E-state index contributed by atoms with van der Waals surface area (Å²) < 4.78 is 10.6. The van der Waals surface area contributed by atoms with E-state index in [0.717, 1.165) is 16.2 Å². The number of rotatable bonds is 6. The van der Waals surface area contributed by atoms with Gasteiger partial charge in [-0.2, -0.15) is 5.10 Å². The highest BCUT2D eigenvalue weighted by Crippen LogP contribution is 2.33. The van der Waals surface area contributed by atoms with Crippen LogP contribution in [0, 0.1) is 0 Å². The molecule has 30 heavy (non-hydrogen) atoms. The Balaban J connectivity index is 1.46. The molecular formula is C22H17ClN2O4S. The van der Waals surface area contributed by atoms with Crippen molar-refractivity contribution in [2.75, 3.05) is 6.61 Å². The molecule has 0 saturated carbocycles. The van der Waals surface area contributed by atoms with Crippen LogP contribution in [0.1, 0.15) is 28.7 Å². The summed E-state index contributed by atoms with van der Waals surface area (Å²) in [7, 11) is 0. The zero-order valence-corrected chi connectivity index (χ0v) is 17.3. The molecule has 1 amide bonds. The van der Waals surface area contributed by atoms with Crippen molar-refractivity contribution in [1.29, 1.82) is 0 Å². The van der Waals surface area contributed by atoms with Crippen molar-refractivity contribution < 1.29 is 18.7 Å². The average molecular weight is 441 g/mol. The summed E-state index contributed by atoms with van der Waals surface area (Å²) in [5.41, 5.74) is 1.59. The molecule has 1 unspecified atom stereocenters. The van der Waals surface area contributed by atoms with Gasteiger partial charge in [0.25, 0.3) is 5.91 Å². The highest BCUT2D eigenvalue weighted by atomic mass is 35.5. The minimum Gasteiger partial charge on any atom is -0.467 e. The zero-order chi connectivity index (χ0) is 20.9. The lowest BCUT2D eigenvalue weighted by Gasteiger charge is -2.19. The van der Waals surface area contributed by atoms with E-state index in [1.54, 1.807) is 36.6 Å². The number of hydrazone groups is 1. The maximum Gasteiger partial charge on any atom is 0.331 e. The summed E-state index contributed by atoms with van der Waals surface area (Å²) in [5, 5.41) is 8.33. The highest BCUT2D eigenvalue weighted by molar-refractivity contribution is 7.10. The second-order valence-corrected chi connectivity index (χ2v) is 7.90. The number of carbonyl (C=O) groups excluding carboxylic acids is 2. The van der Waals surface area contributed by atoms with E-state index in [4.69, 9.17) is 20.8 Å². The van der Waals surface area contributed by atoms with Gasteiger partial charge in [0.05, 0.1) is 12.0 Å². The summed E-state index contributed by atoms with van der Waals surface area (Å²) in [6.45, 7) is -0.414. The predicted molar refractivity (Wildman–Crippen MR) is 115 cm³/mol. The second-order valence-electron chi connectivity index (χ2n) is 6.48. The molecule has 0 spiro atoms. The van der Waals surface area contributed by atoms with Crippen molar-refractivity contribution >= 4 is 46.6 Å². The number of benzene rings is 1. The van der Waals surface area contributed by atoms with Crippen molar-refractivity contribution in [1.82, 2.24) is 5.01 Å². The van der Waals surface area contributed by atoms with Gasteiger partial charge in [-0.05, 0) is 47.4 Å². The monoisotopic (exact) mass is 440 g/mol. The van der Waals surface area contributed by atoms with E-state index in [1.165, 1.54) is 22.4 Å². The quantitative estimate of drug-likeness (QED) is 0.402. The molecule has 152 valence electrons. The molecule has 6 nitrogen and oxygen atoms in total. The Morgan fingerprint density at radius 1 is 1.23 bits per heavy atom. The first-order valence-electron chi connectivity index (χ1n) is 9.17. The first-order valence-corrected chi connectivity index (χ1v) is 10.4. The van der Waals surface area contributed by atoms with E-state index >= 15 is 0 Å². The van der Waals surface area contributed by atoms with Crippen LogP contribution >= 0.6 is 22.9 Å². The Kier molecular flexibility index (Phi) is 6.11. The van der Waals surface area contributed by atoms with Gasteiger partial charge in [-0.15, -0.1) is 11.3 Å². The summed E-state index contributed by atoms with van der Waals surface area (Å²) >= 11 is 7.47. The fraction of sp³-hybridized carbons (Fsp3) is 0.136. The summed E-state index contributed by atoms with van der Waals surface area (Å²) in [4.78, 5) is 25.6. The maximum absolute atomic E-state index is 12.8. The fourth-order valence-electron chi connectivity index (χ4n) is 3.04. The Bertz CT molecular complexity index is 1070. The SMILES string of the molecule is O=C(/C=C/c1cccs1)OCC(=O)N1N=C(c2ccc(Cl)cc2)CC1c1ccco1. The Morgan fingerprint density at radius 3 is 2.77 bits per heavy atom. The van der Waals surface area contributed by atoms with E-state index in [9.17, 15) is 9.59 Å². The number of nitrogens with zero attached hydrogens (tertiary/aromatic N) is 2. The zero-order valence-electron chi connectivity index (χ0n) is 15.7. The van der Waals surface area contributed by atoms with Crippen molar-refractivity contribution in [3.05, 3.63) is 87.5 Å². The Hall–Kier alpha value is -3.16. The molecule has 8 heteroatoms. The molecule has 4 rings (SSSR count). The van der Waals surface area contributed by atoms with E-state index < -0.39 is 24.5 Å². The molecule has 1 aliphatic heterocycles. The number of esters is 1. The van der Waals surface area contributed by atoms with Crippen LogP contribution in [0.5, 0.6) is 0 Å². The number of hydrogen-bond donors (Lipinski definition) is 0. The fourth-order valence-corrected chi connectivity index (χ4v) is 3.79. The number of thiophene rings is 1. The standard InChI is InChI=1S/C22H17ClN2O4S/c23-16-7-5-15(6-8-16)18-13-19(20-4-1-11-28-20)25(24-18)21(26)14-29-22(27)10-9-17-3-2-12-30-17/h1-12,19H,13-14H2/b10-9+.